The molecule has 8 heteroatoms. The average Bonchev–Trinajstić information content (AvgIpc) is 3.45. The lowest BCUT2D eigenvalue weighted by Crippen LogP contribution is -2.54. The Balaban J connectivity index is 1.35. The molecule has 2 N–H and O–H groups in total. The lowest BCUT2D eigenvalue weighted by molar-refractivity contribution is 0.173. The van der Waals surface area contributed by atoms with E-state index in [0.29, 0.717) is 5.11 Å². The number of hydrogen-bond donors (Lipinski definition) is 2. The highest BCUT2D eigenvalue weighted by Crippen LogP contribution is 2.27. The van der Waals surface area contributed by atoms with E-state index >= 15 is 0 Å². The van der Waals surface area contributed by atoms with E-state index in [1.54, 1.807) is 6.20 Å². The van der Waals surface area contributed by atoms with Crippen LogP contribution in [0.15, 0.2) is 22.4 Å². The van der Waals surface area contributed by atoms with Crippen molar-refractivity contribution in [1.82, 2.24) is 20.5 Å². The van der Waals surface area contributed by atoms with Crippen LogP contribution in [0.3, 0.4) is 0 Å². The molecule has 0 bridgehead atoms. The van der Waals surface area contributed by atoms with Gasteiger partial charge in [0.25, 0.3) is 0 Å². The molecule has 3 aliphatic heterocycles. The van der Waals surface area contributed by atoms with Gasteiger partial charge in [-0.2, -0.15) is 5.10 Å². The smallest absolute Gasteiger partial charge is 0.189 e. The summed E-state index contributed by atoms with van der Waals surface area (Å²) >= 11 is 11.9. The highest BCUT2D eigenvalue weighted by atomic mass is 35.5. The first-order valence-electron chi connectivity index (χ1n) is 8.70. The van der Waals surface area contributed by atoms with Gasteiger partial charge in [-0.05, 0) is 31.1 Å². The lowest BCUT2D eigenvalue weighted by atomic mass is 9.95. The van der Waals surface area contributed by atoms with Crippen LogP contribution in [-0.2, 0) is 0 Å². The molecule has 0 aromatic rings. The second kappa shape index (κ2) is 7.07. The fourth-order valence-corrected chi connectivity index (χ4v) is 4.02. The molecule has 0 amide bonds. The van der Waals surface area contributed by atoms with E-state index in [4.69, 9.17) is 23.8 Å². The summed E-state index contributed by atoms with van der Waals surface area (Å²) in [4.78, 5) is 9.25. The number of hydrogen-bond acceptors (Lipinski definition) is 5. The molecule has 2 atom stereocenters. The van der Waals surface area contributed by atoms with Crippen molar-refractivity contribution in [3.63, 3.8) is 0 Å². The maximum absolute atomic E-state index is 6.34. The Hall–Kier alpha value is -1.02. The first-order valence-corrected chi connectivity index (χ1v) is 9.54. The van der Waals surface area contributed by atoms with Gasteiger partial charge in [-0.1, -0.05) is 0 Å². The van der Waals surface area contributed by atoms with Crippen LogP contribution in [0.4, 0.5) is 0 Å². The van der Waals surface area contributed by atoms with Gasteiger partial charge in [0, 0.05) is 51.4 Å². The zero-order valence-electron chi connectivity index (χ0n) is 13.6. The molecule has 2 saturated heterocycles. The third-order valence-electron chi connectivity index (χ3n) is 5.07. The number of hydrazone groups is 1. The third kappa shape index (κ3) is 3.49. The van der Waals surface area contributed by atoms with Gasteiger partial charge in [0.05, 0.1) is 22.8 Å². The predicted octanol–water partition coefficient (Wildman–Crippen LogP) is 0.934. The minimum Gasteiger partial charge on any atom is -0.345 e. The number of alkyl halides is 1. The molecule has 130 valence electrons. The van der Waals surface area contributed by atoms with Crippen LogP contribution in [-0.4, -0.2) is 76.5 Å². The summed E-state index contributed by atoms with van der Waals surface area (Å²) < 4.78 is 0. The molecular weight excluding hydrogens is 344 g/mol. The summed E-state index contributed by atoms with van der Waals surface area (Å²) in [5.74, 6) is 0. The zero-order valence-corrected chi connectivity index (χ0v) is 15.2. The molecule has 0 spiro atoms. The van der Waals surface area contributed by atoms with Gasteiger partial charge >= 0.3 is 0 Å². The van der Waals surface area contributed by atoms with Crippen LogP contribution in [0.1, 0.15) is 19.3 Å². The maximum Gasteiger partial charge on any atom is 0.189 e. The standard InChI is InChI=1S/C16H23ClN6S/c17-12-3-5-19-15-13(4-6-18-14(12)15)20-21-16(24)23-9-7-22(8-10-23)11-1-2-11/h3,5,11-12,14,18H,1-2,4,6-10H2,(H,21,24)/b20-13-. The molecule has 3 fully saturated rings. The quantitative estimate of drug-likeness (QED) is 0.432. The van der Waals surface area contributed by atoms with Crippen molar-refractivity contribution in [3.05, 3.63) is 12.3 Å². The van der Waals surface area contributed by atoms with Gasteiger partial charge in [0.15, 0.2) is 5.11 Å². The van der Waals surface area contributed by atoms with E-state index in [9.17, 15) is 0 Å². The summed E-state index contributed by atoms with van der Waals surface area (Å²) in [5.41, 5.74) is 4.96. The first-order chi connectivity index (χ1) is 11.7. The summed E-state index contributed by atoms with van der Waals surface area (Å²) in [6.45, 7) is 5.00. The Morgan fingerprint density at radius 1 is 1.33 bits per heavy atom. The Labute approximate surface area is 153 Å². The van der Waals surface area contributed by atoms with Gasteiger partial charge in [-0.25, -0.2) is 0 Å². The molecular formula is C16H23ClN6S. The molecule has 3 heterocycles. The predicted molar refractivity (Wildman–Crippen MR) is 102 cm³/mol. The Bertz CT molecular complexity index is 591. The average molecular weight is 367 g/mol. The van der Waals surface area contributed by atoms with E-state index in [1.807, 2.05) is 6.08 Å². The molecule has 1 saturated carbocycles. The maximum atomic E-state index is 6.34. The summed E-state index contributed by atoms with van der Waals surface area (Å²) in [6.07, 6.45) is 7.23. The molecule has 0 aromatic heterocycles. The monoisotopic (exact) mass is 366 g/mol. The normalized spacial score (nSPS) is 32.5. The van der Waals surface area contributed by atoms with Gasteiger partial charge in [0.1, 0.15) is 0 Å². The largest absolute Gasteiger partial charge is 0.345 e. The van der Waals surface area contributed by atoms with Gasteiger partial charge in [0.2, 0.25) is 0 Å². The molecule has 6 nitrogen and oxygen atoms in total. The van der Waals surface area contributed by atoms with Crippen LogP contribution in [0.25, 0.3) is 0 Å². The summed E-state index contributed by atoms with van der Waals surface area (Å²) in [6, 6.07) is 0.878. The fraction of sp³-hybridized carbons (Fsp3) is 0.688. The van der Waals surface area contributed by atoms with Crippen molar-refractivity contribution in [2.75, 3.05) is 32.7 Å². The number of nitrogens with one attached hydrogen (secondary N) is 2. The second-order valence-corrected chi connectivity index (χ2v) is 7.60. The van der Waals surface area contributed by atoms with E-state index in [2.05, 4.69) is 30.6 Å². The fourth-order valence-electron chi connectivity index (χ4n) is 3.51. The molecule has 0 radical (unpaired) electrons. The highest BCUT2D eigenvalue weighted by molar-refractivity contribution is 7.80. The van der Waals surface area contributed by atoms with Crippen molar-refractivity contribution in [1.29, 1.82) is 0 Å². The molecule has 24 heavy (non-hydrogen) atoms. The van der Waals surface area contributed by atoms with Crippen LogP contribution in [0, 0.1) is 0 Å². The van der Waals surface area contributed by atoms with Crippen LogP contribution < -0.4 is 10.7 Å². The topological polar surface area (TPSA) is 55.3 Å². The Morgan fingerprint density at radius 3 is 2.88 bits per heavy atom. The number of thiocarbonyl (C=S) groups is 1. The SMILES string of the molecule is S=C(N/N=C1/CCNC2C1=NC=CC2Cl)N1CCN(C2CC2)CC1. The van der Waals surface area contributed by atoms with Gasteiger partial charge in [-0.3, -0.25) is 15.3 Å². The van der Waals surface area contributed by atoms with Crippen molar-refractivity contribution in [3.8, 4) is 0 Å². The number of aliphatic imine (C=N–C) groups is 1. The van der Waals surface area contributed by atoms with Crippen molar-refractivity contribution in [2.24, 2.45) is 10.1 Å². The van der Waals surface area contributed by atoms with E-state index < -0.39 is 0 Å². The number of fused-ring (bicyclic) bond motifs is 1. The van der Waals surface area contributed by atoms with Crippen molar-refractivity contribution >= 4 is 40.4 Å². The zero-order chi connectivity index (χ0) is 16.5. The van der Waals surface area contributed by atoms with Gasteiger partial charge < -0.3 is 10.2 Å². The number of piperidine rings is 1. The second-order valence-electron chi connectivity index (χ2n) is 6.71. The van der Waals surface area contributed by atoms with E-state index in [0.717, 1.165) is 56.6 Å². The molecule has 0 aromatic carbocycles. The first kappa shape index (κ1) is 16.4. The summed E-state index contributed by atoms with van der Waals surface area (Å²) in [5, 5.41) is 8.58. The molecule has 4 rings (SSSR count). The lowest BCUT2D eigenvalue weighted by Gasteiger charge is -2.36. The summed E-state index contributed by atoms with van der Waals surface area (Å²) in [7, 11) is 0. The molecule has 4 aliphatic rings. The Kier molecular flexibility index (Phi) is 4.85. The number of nitrogens with zero attached hydrogens (tertiary/aromatic N) is 4. The molecule has 1 aliphatic carbocycles. The minimum absolute atomic E-state index is 0.0432. The number of piperazine rings is 1. The number of halogens is 1. The van der Waals surface area contributed by atoms with Crippen LogP contribution >= 0.6 is 23.8 Å². The minimum atomic E-state index is -0.0783. The number of rotatable bonds is 2. The van der Waals surface area contributed by atoms with Crippen molar-refractivity contribution in [2.45, 2.75) is 36.7 Å². The van der Waals surface area contributed by atoms with Crippen molar-refractivity contribution < 1.29 is 0 Å². The van der Waals surface area contributed by atoms with E-state index in [1.165, 1.54) is 12.8 Å². The van der Waals surface area contributed by atoms with Crippen LogP contribution in [0.2, 0.25) is 0 Å². The third-order valence-corrected chi connectivity index (χ3v) is 5.82. The van der Waals surface area contributed by atoms with E-state index in [-0.39, 0.29) is 11.4 Å². The van der Waals surface area contributed by atoms with Crippen LogP contribution in [0.5, 0.6) is 0 Å². The Morgan fingerprint density at radius 2 is 2.12 bits per heavy atom. The molecule has 2 unspecified atom stereocenters. The van der Waals surface area contributed by atoms with Gasteiger partial charge in [-0.15, -0.1) is 11.6 Å². The highest BCUT2D eigenvalue weighted by Gasteiger charge is 2.33.